The lowest BCUT2D eigenvalue weighted by Gasteiger charge is -2.40. The van der Waals surface area contributed by atoms with Gasteiger partial charge in [0, 0.05) is 38.4 Å². The van der Waals surface area contributed by atoms with E-state index >= 15 is 0 Å². The number of piperidine rings is 1. The van der Waals surface area contributed by atoms with E-state index in [1.54, 1.807) is 30.3 Å². The minimum Gasteiger partial charge on any atom is -0.468 e. The molecule has 1 aromatic carbocycles. The van der Waals surface area contributed by atoms with Crippen molar-refractivity contribution in [2.45, 2.75) is 39.2 Å². The van der Waals surface area contributed by atoms with Gasteiger partial charge in [0.1, 0.15) is 11.2 Å². The van der Waals surface area contributed by atoms with Gasteiger partial charge in [-0.1, -0.05) is 30.3 Å². The van der Waals surface area contributed by atoms with Gasteiger partial charge in [0.15, 0.2) is 5.78 Å². The molecule has 1 heterocycles. The number of Topliss-reactive ketones (excluding diaryl/α,β-unsaturated/α-hetero) is 2. The van der Waals surface area contributed by atoms with Crippen LogP contribution in [0.3, 0.4) is 0 Å². The number of hydrogen-bond acceptors (Lipinski definition) is 7. The smallest absolute Gasteiger partial charge is 0.321 e. The highest BCUT2D eigenvalue weighted by Crippen LogP contribution is 2.35. The fourth-order valence-corrected chi connectivity index (χ4v) is 3.46. The lowest BCUT2D eigenvalue weighted by atomic mass is 9.74. The van der Waals surface area contributed by atoms with Crippen LogP contribution in [0, 0.1) is 5.41 Å². The van der Waals surface area contributed by atoms with E-state index in [-0.39, 0.29) is 43.9 Å². The van der Waals surface area contributed by atoms with Crippen LogP contribution in [0.15, 0.2) is 30.3 Å². The summed E-state index contributed by atoms with van der Waals surface area (Å²) in [5.41, 5.74) is -1.12. The number of likely N-dealkylation sites (tertiary alicyclic amines) is 1. The topological polar surface area (TPSA) is 107 Å². The molecule has 0 N–H and O–H groups in total. The number of benzene rings is 1. The summed E-state index contributed by atoms with van der Waals surface area (Å²) in [4.78, 5) is 62.8. The number of esters is 2. The highest BCUT2D eigenvalue weighted by molar-refractivity contribution is 6.06. The molecule has 8 nitrogen and oxygen atoms in total. The fraction of sp³-hybridized carbons (Fsp3) is 0.476. The maximum atomic E-state index is 13.2. The van der Waals surface area contributed by atoms with E-state index < -0.39 is 29.4 Å². The predicted molar refractivity (Wildman–Crippen MR) is 102 cm³/mol. The summed E-state index contributed by atoms with van der Waals surface area (Å²) in [6.07, 6.45) is -1.28. The highest BCUT2D eigenvalue weighted by Gasteiger charge is 2.51. The lowest BCUT2D eigenvalue weighted by Crippen LogP contribution is -2.56. The molecular weight excluding hydrogens is 378 g/mol. The number of ketones is 2. The molecule has 1 aliphatic heterocycles. The Hall–Kier alpha value is -3.03. The summed E-state index contributed by atoms with van der Waals surface area (Å²) in [7, 11) is 1.16. The van der Waals surface area contributed by atoms with Crippen molar-refractivity contribution < 1.29 is 33.4 Å². The Kier molecular flexibility index (Phi) is 7.25. The number of hydrogen-bond donors (Lipinski definition) is 0. The molecule has 29 heavy (non-hydrogen) atoms. The third-order valence-electron chi connectivity index (χ3n) is 5.01. The first-order valence-electron chi connectivity index (χ1n) is 9.33. The van der Waals surface area contributed by atoms with Gasteiger partial charge in [-0.25, -0.2) is 0 Å². The molecular formula is C21H25NO7. The van der Waals surface area contributed by atoms with E-state index in [0.717, 1.165) is 7.11 Å². The molecule has 1 fully saturated rings. The molecule has 0 unspecified atom stereocenters. The average Bonchev–Trinajstić information content (AvgIpc) is 2.71. The van der Waals surface area contributed by atoms with E-state index in [2.05, 4.69) is 0 Å². The largest absolute Gasteiger partial charge is 0.468 e. The minimum atomic E-state index is -1.61. The Morgan fingerprint density at radius 2 is 1.79 bits per heavy atom. The van der Waals surface area contributed by atoms with Gasteiger partial charge >= 0.3 is 11.9 Å². The molecule has 0 saturated carbocycles. The van der Waals surface area contributed by atoms with E-state index in [1.807, 2.05) is 0 Å². The summed E-state index contributed by atoms with van der Waals surface area (Å²) in [5, 5.41) is 0. The Morgan fingerprint density at radius 1 is 1.14 bits per heavy atom. The van der Waals surface area contributed by atoms with Gasteiger partial charge < -0.3 is 19.2 Å². The molecule has 1 aliphatic rings. The Labute approximate surface area is 169 Å². The molecule has 0 bridgehead atoms. The predicted octanol–water partition coefficient (Wildman–Crippen LogP) is 1.62. The van der Waals surface area contributed by atoms with Crippen LogP contribution >= 0.6 is 0 Å². The lowest BCUT2D eigenvalue weighted by molar-refractivity contribution is -0.169. The van der Waals surface area contributed by atoms with E-state index in [1.165, 1.54) is 18.7 Å². The van der Waals surface area contributed by atoms with Gasteiger partial charge in [-0.3, -0.25) is 19.2 Å². The Bertz CT molecular complexity index is 795. The summed E-state index contributed by atoms with van der Waals surface area (Å²) < 4.78 is 10.1. The molecule has 1 saturated heterocycles. The third kappa shape index (κ3) is 5.07. The monoisotopic (exact) mass is 403 g/mol. The van der Waals surface area contributed by atoms with Gasteiger partial charge in [-0.05, 0) is 13.3 Å². The van der Waals surface area contributed by atoms with Crippen molar-refractivity contribution in [3.05, 3.63) is 35.9 Å². The summed E-state index contributed by atoms with van der Waals surface area (Å²) >= 11 is 0. The van der Waals surface area contributed by atoms with E-state index in [4.69, 9.17) is 9.47 Å². The Morgan fingerprint density at radius 3 is 2.34 bits per heavy atom. The molecule has 8 heteroatoms. The molecule has 0 radical (unpaired) electrons. The van der Waals surface area contributed by atoms with Crippen LogP contribution in [0.4, 0.5) is 0 Å². The maximum absolute atomic E-state index is 13.2. The number of carbonyl (C=O) groups is 5. The second-order valence-corrected chi connectivity index (χ2v) is 7.11. The number of amides is 1. The molecule has 1 amide bonds. The van der Waals surface area contributed by atoms with E-state index in [9.17, 15) is 24.0 Å². The Balaban J connectivity index is 2.35. The quantitative estimate of drug-likeness (QED) is 0.503. The van der Waals surface area contributed by atoms with Crippen molar-refractivity contribution >= 4 is 29.4 Å². The number of carbonyl (C=O) groups excluding carboxylic acids is 5. The van der Waals surface area contributed by atoms with Gasteiger partial charge in [0.2, 0.25) is 6.10 Å². The first-order valence-corrected chi connectivity index (χ1v) is 9.33. The first-order chi connectivity index (χ1) is 13.7. The molecule has 1 aromatic rings. The maximum Gasteiger partial charge on any atom is 0.321 e. The molecule has 0 aliphatic carbocycles. The fourth-order valence-electron chi connectivity index (χ4n) is 3.46. The second kappa shape index (κ2) is 9.45. The summed E-state index contributed by atoms with van der Waals surface area (Å²) in [6, 6.07) is 8.51. The second-order valence-electron chi connectivity index (χ2n) is 7.11. The van der Waals surface area contributed by atoms with Crippen LogP contribution in [0.1, 0.15) is 44.8 Å². The minimum absolute atomic E-state index is 0.00886. The number of ether oxygens (including phenoxy) is 2. The van der Waals surface area contributed by atoms with Crippen molar-refractivity contribution in [3.8, 4) is 0 Å². The van der Waals surface area contributed by atoms with Gasteiger partial charge in [-0.2, -0.15) is 0 Å². The SMILES string of the molecule is COC(=O)[C@@]1(CCC(C)=O)CN(C(=O)[C@@H](OC(C)=O)c2ccccc2)CCC1=O. The number of methoxy groups -OCH3 is 1. The van der Waals surface area contributed by atoms with Gasteiger partial charge in [0.05, 0.1) is 7.11 Å². The van der Waals surface area contributed by atoms with Gasteiger partial charge in [-0.15, -0.1) is 0 Å². The zero-order chi connectivity index (χ0) is 21.6. The molecule has 156 valence electrons. The zero-order valence-corrected chi connectivity index (χ0v) is 16.8. The van der Waals surface area contributed by atoms with Crippen LogP contribution in [-0.2, 0) is 33.4 Å². The van der Waals surface area contributed by atoms with Crippen molar-refractivity contribution in [2.75, 3.05) is 20.2 Å². The molecule has 2 rings (SSSR count). The average molecular weight is 403 g/mol. The first kappa shape index (κ1) is 22.3. The zero-order valence-electron chi connectivity index (χ0n) is 16.8. The highest BCUT2D eigenvalue weighted by atomic mass is 16.5. The van der Waals surface area contributed by atoms with Crippen LogP contribution in [-0.4, -0.2) is 54.5 Å². The van der Waals surface area contributed by atoms with Crippen LogP contribution in [0.5, 0.6) is 0 Å². The van der Waals surface area contributed by atoms with Crippen molar-refractivity contribution in [1.29, 1.82) is 0 Å². The standard InChI is InChI=1S/C21H25NO7/c1-14(23)9-11-21(20(27)28-3)13-22(12-10-17(21)25)19(26)18(29-15(2)24)16-7-5-4-6-8-16/h4-8,18H,9-13H2,1-3H3/t18-,21-/m0/s1. The van der Waals surface area contributed by atoms with Crippen molar-refractivity contribution in [1.82, 2.24) is 4.90 Å². The molecule has 2 atom stereocenters. The summed E-state index contributed by atoms with van der Waals surface area (Å²) in [6.45, 7) is 2.43. The normalized spacial score (nSPS) is 20.0. The van der Waals surface area contributed by atoms with Crippen LogP contribution in [0.25, 0.3) is 0 Å². The molecule has 0 spiro atoms. The van der Waals surface area contributed by atoms with Crippen molar-refractivity contribution in [2.24, 2.45) is 5.41 Å². The van der Waals surface area contributed by atoms with Crippen molar-refractivity contribution in [3.63, 3.8) is 0 Å². The van der Waals surface area contributed by atoms with Gasteiger partial charge in [0.25, 0.3) is 5.91 Å². The van der Waals surface area contributed by atoms with Crippen LogP contribution in [0.2, 0.25) is 0 Å². The van der Waals surface area contributed by atoms with E-state index in [0.29, 0.717) is 5.56 Å². The number of rotatable bonds is 7. The number of nitrogens with zero attached hydrogens (tertiary/aromatic N) is 1. The summed E-state index contributed by atoms with van der Waals surface area (Å²) in [5.74, 6) is -2.47. The van der Waals surface area contributed by atoms with Crippen LogP contribution < -0.4 is 0 Å². The molecule has 0 aromatic heterocycles. The third-order valence-corrected chi connectivity index (χ3v) is 5.01.